The van der Waals surface area contributed by atoms with Crippen LogP contribution in [0.2, 0.25) is 0 Å². The zero-order chi connectivity index (χ0) is 18.5. The van der Waals surface area contributed by atoms with Crippen LogP contribution in [0, 0.1) is 0 Å². The van der Waals surface area contributed by atoms with Crippen molar-refractivity contribution in [2.75, 3.05) is 21.3 Å². The Hall–Kier alpha value is -3.01. The molecule has 0 saturated heterocycles. The van der Waals surface area contributed by atoms with Gasteiger partial charge in [0.2, 0.25) is 5.91 Å². The lowest BCUT2D eigenvalue weighted by Gasteiger charge is -2.19. The third-order valence-corrected chi connectivity index (χ3v) is 4.52. The van der Waals surface area contributed by atoms with Gasteiger partial charge in [0.25, 0.3) is 0 Å². The van der Waals surface area contributed by atoms with E-state index in [1.807, 2.05) is 43.4 Å². The van der Waals surface area contributed by atoms with Crippen molar-refractivity contribution in [2.45, 2.75) is 13.0 Å². The summed E-state index contributed by atoms with van der Waals surface area (Å²) in [5, 5.41) is 2.37. The van der Waals surface area contributed by atoms with Gasteiger partial charge in [0, 0.05) is 13.6 Å². The fourth-order valence-electron chi connectivity index (χ4n) is 3.07. The Bertz CT molecular complexity index is 915. The van der Waals surface area contributed by atoms with Gasteiger partial charge in [-0.25, -0.2) is 0 Å². The van der Waals surface area contributed by atoms with Crippen molar-refractivity contribution in [2.24, 2.45) is 0 Å². The molecule has 0 unspecified atom stereocenters. The highest BCUT2D eigenvalue weighted by molar-refractivity contribution is 5.86. The molecule has 3 aromatic carbocycles. The minimum Gasteiger partial charge on any atom is -0.493 e. The maximum atomic E-state index is 12.7. The first-order chi connectivity index (χ1) is 12.6. The summed E-state index contributed by atoms with van der Waals surface area (Å²) in [5.74, 6) is 1.35. The van der Waals surface area contributed by atoms with E-state index in [4.69, 9.17) is 9.47 Å². The lowest BCUT2D eigenvalue weighted by atomic mass is 10.0. The van der Waals surface area contributed by atoms with E-state index in [1.54, 1.807) is 19.1 Å². The third-order valence-electron chi connectivity index (χ3n) is 4.52. The number of benzene rings is 3. The molecule has 0 aliphatic heterocycles. The molecule has 0 aliphatic rings. The summed E-state index contributed by atoms with van der Waals surface area (Å²) < 4.78 is 10.6. The molecule has 0 atom stereocenters. The largest absolute Gasteiger partial charge is 0.493 e. The number of fused-ring (bicyclic) bond motifs is 1. The molecular formula is C22H23NO3. The van der Waals surface area contributed by atoms with E-state index in [0.29, 0.717) is 24.5 Å². The van der Waals surface area contributed by atoms with Crippen LogP contribution in [0.25, 0.3) is 10.8 Å². The number of methoxy groups -OCH3 is 2. The van der Waals surface area contributed by atoms with Crippen molar-refractivity contribution in [3.63, 3.8) is 0 Å². The Morgan fingerprint density at radius 2 is 1.65 bits per heavy atom. The monoisotopic (exact) mass is 349 g/mol. The molecule has 0 heterocycles. The van der Waals surface area contributed by atoms with Crippen molar-refractivity contribution in [1.82, 2.24) is 4.90 Å². The van der Waals surface area contributed by atoms with E-state index in [0.717, 1.165) is 11.1 Å². The molecule has 0 saturated carbocycles. The van der Waals surface area contributed by atoms with Crippen LogP contribution < -0.4 is 9.47 Å². The summed E-state index contributed by atoms with van der Waals surface area (Å²) >= 11 is 0. The molecule has 0 aromatic heterocycles. The predicted molar refractivity (Wildman–Crippen MR) is 104 cm³/mol. The van der Waals surface area contributed by atoms with Crippen LogP contribution in [-0.4, -0.2) is 32.1 Å². The van der Waals surface area contributed by atoms with Crippen molar-refractivity contribution in [3.8, 4) is 11.5 Å². The summed E-state index contributed by atoms with van der Waals surface area (Å²) in [6, 6.07) is 20.0. The summed E-state index contributed by atoms with van der Waals surface area (Å²) in [7, 11) is 5.03. The second-order valence-electron chi connectivity index (χ2n) is 6.25. The summed E-state index contributed by atoms with van der Waals surface area (Å²) in [6.07, 6.45) is 0.321. The van der Waals surface area contributed by atoms with Gasteiger partial charge in [-0.15, -0.1) is 0 Å². The van der Waals surface area contributed by atoms with E-state index in [2.05, 4.69) is 24.3 Å². The molecule has 0 radical (unpaired) electrons. The first-order valence-corrected chi connectivity index (χ1v) is 8.54. The fraction of sp³-hybridized carbons (Fsp3) is 0.227. The van der Waals surface area contributed by atoms with Crippen LogP contribution in [0.5, 0.6) is 11.5 Å². The molecule has 4 heteroatoms. The van der Waals surface area contributed by atoms with Gasteiger partial charge in [-0.3, -0.25) is 4.79 Å². The zero-order valence-electron chi connectivity index (χ0n) is 15.4. The molecule has 0 spiro atoms. The lowest BCUT2D eigenvalue weighted by molar-refractivity contribution is -0.129. The Balaban J connectivity index is 1.74. The molecule has 1 amide bonds. The van der Waals surface area contributed by atoms with Crippen LogP contribution in [0.3, 0.4) is 0 Å². The molecule has 0 fully saturated rings. The van der Waals surface area contributed by atoms with Crippen LogP contribution in [0.1, 0.15) is 11.1 Å². The molecule has 0 bridgehead atoms. The number of rotatable bonds is 6. The van der Waals surface area contributed by atoms with Gasteiger partial charge >= 0.3 is 0 Å². The normalized spacial score (nSPS) is 10.6. The van der Waals surface area contributed by atoms with E-state index in [9.17, 15) is 4.79 Å². The average molecular weight is 349 g/mol. The van der Waals surface area contributed by atoms with Crippen LogP contribution >= 0.6 is 0 Å². The quantitative estimate of drug-likeness (QED) is 0.674. The number of carbonyl (C=O) groups is 1. The topological polar surface area (TPSA) is 38.8 Å². The maximum Gasteiger partial charge on any atom is 0.227 e. The number of nitrogens with zero attached hydrogens (tertiary/aromatic N) is 1. The molecule has 0 aliphatic carbocycles. The number of hydrogen-bond donors (Lipinski definition) is 0. The molecule has 134 valence electrons. The molecule has 26 heavy (non-hydrogen) atoms. The summed E-state index contributed by atoms with van der Waals surface area (Å²) in [5.41, 5.74) is 2.05. The molecule has 0 N–H and O–H groups in total. The van der Waals surface area contributed by atoms with Crippen molar-refractivity contribution >= 4 is 16.7 Å². The first kappa shape index (κ1) is 17.8. The third kappa shape index (κ3) is 3.80. The fourth-order valence-corrected chi connectivity index (χ4v) is 3.07. The number of likely N-dealkylation sites (N-methyl/N-ethyl adjacent to an activating group) is 1. The highest BCUT2D eigenvalue weighted by Gasteiger charge is 2.13. The standard InChI is InChI=1S/C22H23NO3/c1-23(15-18-9-6-8-17-7-4-5-10-19(17)18)22(24)14-16-11-12-20(25-2)21(13-16)26-3/h4-13H,14-15H2,1-3H3. The second-order valence-corrected chi connectivity index (χ2v) is 6.25. The van der Waals surface area contributed by atoms with Gasteiger partial charge in [0.1, 0.15) is 0 Å². The number of hydrogen-bond acceptors (Lipinski definition) is 3. The van der Waals surface area contributed by atoms with Gasteiger partial charge in [-0.2, -0.15) is 0 Å². The maximum absolute atomic E-state index is 12.7. The van der Waals surface area contributed by atoms with Gasteiger partial charge < -0.3 is 14.4 Å². The predicted octanol–water partition coefficient (Wildman–Crippen LogP) is 4.06. The smallest absolute Gasteiger partial charge is 0.227 e. The van der Waals surface area contributed by atoms with Crippen molar-refractivity contribution in [3.05, 3.63) is 71.8 Å². The molecular weight excluding hydrogens is 326 g/mol. The molecule has 3 rings (SSSR count). The zero-order valence-corrected chi connectivity index (χ0v) is 15.4. The highest BCUT2D eigenvalue weighted by Crippen LogP contribution is 2.28. The van der Waals surface area contributed by atoms with Gasteiger partial charge in [-0.1, -0.05) is 48.5 Å². The molecule has 3 aromatic rings. The van der Waals surface area contributed by atoms with E-state index >= 15 is 0 Å². The summed E-state index contributed by atoms with van der Waals surface area (Å²) in [4.78, 5) is 14.4. The minimum absolute atomic E-state index is 0.0603. The average Bonchev–Trinajstić information content (AvgIpc) is 2.68. The van der Waals surface area contributed by atoms with E-state index < -0.39 is 0 Å². The Morgan fingerprint density at radius 3 is 2.42 bits per heavy atom. The van der Waals surface area contributed by atoms with E-state index in [1.165, 1.54) is 10.8 Å². The number of ether oxygens (including phenoxy) is 2. The lowest BCUT2D eigenvalue weighted by Crippen LogP contribution is -2.27. The SMILES string of the molecule is COc1ccc(CC(=O)N(C)Cc2cccc3ccccc23)cc1OC. The second kappa shape index (κ2) is 7.91. The Morgan fingerprint density at radius 1 is 0.923 bits per heavy atom. The van der Waals surface area contributed by atoms with Gasteiger partial charge in [-0.05, 0) is 34.0 Å². The number of carbonyl (C=O) groups excluding carboxylic acids is 1. The minimum atomic E-state index is 0.0603. The van der Waals surface area contributed by atoms with Gasteiger partial charge in [0.15, 0.2) is 11.5 Å². The highest BCUT2D eigenvalue weighted by atomic mass is 16.5. The summed E-state index contributed by atoms with van der Waals surface area (Å²) in [6.45, 7) is 0.577. The van der Waals surface area contributed by atoms with Gasteiger partial charge in [0.05, 0.1) is 20.6 Å². The van der Waals surface area contributed by atoms with Crippen molar-refractivity contribution in [1.29, 1.82) is 0 Å². The van der Waals surface area contributed by atoms with Crippen LogP contribution in [0.4, 0.5) is 0 Å². The Labute approximate surface area is 154 Å². The molecule has 4 nitrogen and oxygen atoms in total. The van der Waals surface area contributed by atoms with E-state index in [-0.39, 0.29) is 5.91 Å². The van der Waals surface area contributed by atoms with Crippen LogP contribution in [0.15, 0.2) is 60.7 Å². The van der Waals surface area contributed by atoms with Crippen LogP contribution in [-0.2, 0) is 17.8 Å². The number of amides is 1. The Kier molecular flexibility index (Phi) is 5.42. The van der Waals surface area contributed by atoms with Crippen molar-refractivity contribution < 1.29 is 14.3 Å². The first-order valence-electron chi connectivity index (χ1n) is 8.54.